The SMILES string of the molecule is COc1cc(C=C2CCn3c2nc(=O)c2cc(Br)ccc23)cc(OC)c1O. The highest BCUT2D eigenvalue weighted by Crippen LogP contribution is 2.39. The lowest BCUT2D eigenvalue weighted by Gasteiger charge is -2.10. The Morgan fingerprint density at radius 2 is 1.89 bits per heavy atom. The molecule has 0 amide bonds. The summed E-state index contributed by atoms with van der Waals surface area (Å²) in [6.07, 6.45) is 2.70. The van der Waals surface area contributed by atoms with Crippen molar-refractivity contribution < 1.29 is 14.6 Å². The zero-order valence-electron chi connectivity index (χ0n) is 14.8. The molecular formula is C20H17BrN2O4. The van der Waals surface area contributed by atoms with Gasteiger partial charge in [0.25, 0.3) is 5.56 Å². The number of hydrogen-bond acceptors (Lipinski definition) is 5. The van der Waals surface area contributed by atoms with Crippen LogP contribution in [0.3, 0.4) is 0 Å². The number of rotatable bonds is 3. The van der Waals surface area contributed by atoms with E-state index >= 15 is 0 Å². The van der Waals surface area contributed by atoms with Crippen molar-refractivity contribution in [1.82, 2.24) is 9.55 Å². The van der Waals surface area contributed by atoms with E-state index < -0.39 is 0 Å². The van der Waals surface area contributed by atoms with Gasteiger partial charge in [0, 0.05) is 11.0 Å². The number of fused-ring (bicyclic) bond motifs is 3. The third-order valence-corrected chi connectivity index (χ3v) is 5.17. The molecule has 138 valence electrons. The Morgan fingerprint density at radius 3 is 2.56 bits per heavy atom. The smallest absolute Gasteiger partial charge is 0.281 e. The van der Waals surface area contributed by atoms with Crippen molar-refractivity contribution in [2.24, 2.45) is 0 Å². The normalized spacial score (nSPS) is 14.6. The predicted octanol–water partition coefficient (Wildman–Crippen LogP) is 3.83. The molecule has 7 heteroatoms. The van der Waals surface area contributed by atoms with E-state index in [1.807, 2.05) is 18.2 Å². The molecule has 1 aromatic heterocycles. The van der Waals surface area contributed by atoms with Crippen molar-refractivity contribution in [1.29, 1.82) is 0 Å². The summed E-state index contributed by atoms with van der Waals surface area (Å²) in [6.45, 7) is 0.749. The van der Waals surface area contributed by atoms with E-state index in [4.69, 9.17) is 9.47 Å². The lowest BCUT2D eigenvalue weighted by Crippen LogP contribution is -2.14. The maximum Gasteiger partial charge on any atom is 0.281 e. The van der Waals surface area contributed by atoms with Crippen LogP contribution in [0.5, 0.6) is 17.2 Å². The first-order valence-corrected chi connectivity index (χ1v) is 9.17. The van der Waals surface area contributed by atoms with Crippen molar-refractivity contribution >= 4 is 38.5 Å². The average molecular weight is 429 g/mol. The van der Waals surface area contributed by atoms with E-state index in [-0.39, 0.29) is 11.3 Å². The number of aromatic nitrogens is 2. The molecule has 2 heterocycles. The maximum atomic E-state index is 12.5. The van der Waals surface area contributed by atoms with Gasteiger partial charge in [0.15, 0.2) is 11.5 Å². The maximum absolute atomic E-state index is 12.5. The summed E-state index contributed by atoms with van der Waals surface area (Å²) in [4.78, 5) is 16.8. The second-order valence-corrected chi connectivity index (χ2v) is 7.16. The standard InChI is InChI=1S/C20H17BrN2O4/c1-26-16-8-11(9-17(27-2)18(16)24)7-12-5-6-23-15-4-3-13(21)10-14(15)20(25)22-19(12)23/h3-4,7-10,24H,5-6H2,1-2H3. The second kappa shape index (κ2) is 6.74. The summed E-state index contributed by atoms with van der Waals surface area (Å²) in [7, 11) is 2.98. The van der Waals surface area contributed by atoms with Gasteiger partial charge in [-0.05, 0) is 54.0 Å². The van der Waals surface area contributed by atoms with Crippen molar-refractivity contribution in [3.8, 4) is 17.2 Å². The summed E-state index contributed by atoms with van der Waals surface area (Å²) < 4.78 is 13.3. The van der Waals surface area contributed by atoms with E-state index in [9.17, 15) is 9.90 Å². The first kappa shape index (κ1) is 17.6. The molecule has 0 fully saturated rings. The van der Waals surface area contributed by atoms with Crippen LogP contribution in [0, 0.1) is 0 Å². The molecule has 0 bridgehead atoms. The summed E-state index contributed by atoms with van der Waals surface area (Å²) in [5.41, 5.74) is 2.38. The Bertz CT molecular complexity index is 1130. The summed E-state index contributed by atoms with van der Waals surface area (Å²) in [5.74, 6) is 1.28. The molecule has 0 aliphatic carbocycles. The Morgan fingerprint density at radius 1 is 1.19 bits per heavy atom. The minimum absolute atomic E-state index is 0.0418. The fourth-order valence-corrected chi connectivity index (χ4v) is 3.76. The van der Waals surface area contributed by atoms with Gasteiger partial charge in [-0.15, -0.1) is 0 Å². The number of methoxy groups -OCH3 is 2. The predicted molar refractivity (Wildman–Crippen MR) is 107 cm³/mol. The quantitative estimate of drug-likeness (QED) is 0.685. The number of phenolic OH excluding ortho intramolecular Hbond substituents is 1. The van der Waals surface area contributed by atoms with E-state index in [2.05, 4.69) is 25.5 Å². The summed E-state index contributed by atoms with van der Waals surface area (Å²) in [5, 5.41) is 10.7. The number of ether oxygens (including phenoxy) is 2. The van der Waals surface area contributed by atoms with Crippen molar-refractivity contribution in [3.05, 3.63) is 56.5 Å². The topological polar surface area (TPSA) is 73.6 Å². The Hall–Kier alpha value is -2.80. The van der Waals surface area contributed by atoms with Gasteiger partial charge in [-0.3, -0.25) is 4.79 Å². The van der Waals surface area contributed by atoms with Crippen LogP contribution in [0.2, 0.25) is 0 Å². The first-order chi connectivity index (χ1) is 13.0. The highest BCUT2D eigenvalue weighted by atomic mass is 79.9. The van der Waals surface area contributed by atoms with Crippen LogP contribution in [0.1, 0.15) is 17.8 Å². The molecule has 1 aliphatic rings. The van der Waals surface area contributed by atoms with E-state index in [1.54, 1.807) is 18.2 Å². The van der Waals surface area contributed by atoms with Crippen LogP contribution < -0.4 is 15.0 Å². The number of allylic oxidation sites excluding steroid dienone is 1. The van der Waals surface area contributed by atoms with E-state index in [0.29, 0.717) is 22.7 Å². The third kappa shape index (κ3) is 2.98. The lowest BCUT2D eigenvalue weighted by atomic mass is 10.1. The fourth-order valence-electron chi connectivity index (χ4n) is 3.40. The molecule has 0 saturated carbocycles. The van der Waals surface area contributed by atoms with Crippen LogP contribution in [-0.2, 0) is 6.54 Å². The Labute approximate surface area is 163 Å². The van der Waals surface area contributed by atoms with Gasteiger partial charge >= 0.3 is 0 Å². The van der Waals surface area contributed by atoms with Crippen LogP contribution in [0.25, 0.3) is 22.6 Å². The molecule has 0 radical (unpaired) electrons. The van der Waals surface area contributed by atoms with Crippen molar-refractivity contribution in [3.63, 3.8) is 0 Å². The molecule has 27 heavy (non-hydrogen) atoms. The van der Waals surface area contributed by atoms with Gasteiger partial charge in [-0.1, -0.05) is 15.9 Å². The second-order valence-electron chi connectivity index (χ2n) is 6.25. The number of phenols is 1. The monoisotopic (exact) mass is 428 g/mol. The molecule has 3 aromatic rings. The van der Waals surface area contributed by atoms with Crippen LogP contribution in [0.15, 0.2) is 39.6 Å². The summed E-state index contributed by atoms with van der Waals surface area (Å²) >= 11 is 3.40. The number of benzene rings is 2. The number of aryl methyl sites for hydroxylation is 1. The molecule has 1 aliphatic heterocycles. The lowest BCUT2D eigenvalue weighted by molar-refractivity contribution is 0.340. The molecule has 2 aromatic carbocycles. The molecule has 0 saturated heterocycles. The Kier molecular flexibility index (Phi) is 4.39. The van der Waals surface area contributed by atoms with Gasteiger partial charge in [-0.2, -0.15) is 4.98 Å². The largest absolute Gasteiger partial charge is 0.502 e. The van der Waals surface area contributed by atoms with Crippen molar-refractivity contribution in [2.45, 2.75) is 13.0 Å². The van der Waals surface area contributed by atoms with Gasteiger partial charge < -0.3 is 19.1 Å². The minimum Gasteiger partial charge on any atom is -0.502 e. The molecule has 0 atom stereocenters. The fraction of sp³-hybridized carbons (Fsp3) is 0.200. The highest BCUT2D eigenvalue weighted by Gasteiger charge is 2.21. The zero-order valence-corrected chi connectivity index (χ0v) is 16.4. The molecule has 6 nitrogen and oxygen atoms in total. The zero-order chi connectivity index (χ0) is 19.1. The molecule has 1 N–H and O–H groups in total. The molecule has 4 rings (SSSR count). The molecular weight excluding hydrogens is 412 g/mol. The Balaban J connectivity index is 1.87. The first-order valence-electron chi connectivity index (χ1n) is 8.38. The number of halogens is 1. The van der Waals surface area contributed by atoms with Gasteiger partial charge in [0.1, 0.15) is 5.82 Å². The third-order valence-electron chi connectivity index (χ3n) is 4.68. The molecule has 0 unspecified atom stereocenters. The van der Waals surface area contributed by atoms with Crippen LogP contribution in [-0.4, -0.2) is 28.9 Å². The van der Waals surface area contributed by atoms with Crippen LogP contribution >= 0.6 is 15.9 Å². The number of nitrogens with zero attached hydrogens (tertiary/aromatic N) is 2. The minimum atomic E-state index is -0.244. The van der Waals surface area contributed by atoms with Gasteiger partial charge in [0.2, 0.25) is 5.75 Å². The van der Waals surface area contributed by atoms with Crippen molar-refractivity contribution in [2.75, 3.05) is 14.2 Å². The highest BCUT2D eigenvalue weighted by molar-refractivity contribution is 9.10. The van der Waals surface area contributed by atoms with Gasteiger partial charge in [-0.25, -0.2) is 0 Å². The number of aromatic hydroxyl groups is 1. The van der Waals surface area contributed by atoms with E-state index in [0.717, 1.165) is 34.1 Å². The molecule has 0 spiro atoms. The average Bonchev–Trinajstić information content (AvgIpc) is 3.05. The number of hydrogen-bond donors (Lipinski definition) is 1. The summed E-state index contributed by atoms with van der Waals surface area (Å²) in [6, 6.07) is 9.11. The van der Waals surface area contributed by atoms with Gasteiger partial charge in [0.05, 0.1) is 25.1 Å². The van der Waals surface area contributed by atoms with E-state index in [1.165, 1.54) is 14.2 Å². The van der Waals surface area contributed by atoms with Crippen LogP contribution in [0.4, 0.5) is 0 Å².